The summed E-state index contributed by atoms with van der Waals surface area (Å²) >= 11 is 0. The molecular formula is C19H28O5. The van der Waals surface area contributed by atoms with Gasteiger partial charge in [-0.25, -0.2) is 4.79 Å². The van der Waals surface area contributed by atoms with Crippen molar-refractivity contribution >= 4 is 5.97 Å². The van der Waals surface area contributed by atoms with Crippen LogP contribution in [0.1, 0.15) is 32.8 Å². The van der Waals surface area contributed by atoms with Crippen LogP contribution >= 0.6 is 0 Å². The number of hydrogen-bond acceptors (Lipinski definition) is 5. The molecule has 0 aliphatic carbocycles. The fraction of sp³-hybridized carbons (Fsp3) is 0.526. The fourth-order valence-electron chi connectivity index (χ4n) is 2.14. The molecule has 0 amide bonds. The van der Waals surface area contributed by atoms with Gasteiger partial charge in [0.1, 0.15) is 0 Å². The summed E-state index contributed by atoms with van der Waals surface area (Å²) in [5.41, 5.74) is 1.49. The minimum atomic E-state index is -0.693. The molecule has 0 radical (unpaired) electrons. The second-order valence-corrected chi connectivity index (χ2v) is 5.65. The Morgan fingerprint density at radius 1 is 1.29 bits per heavy atom. The molecule has 5 heteroatoms. The molecule has 0 heterocycles. The van der Waals surface area contributed by atoms with Gasteiger partial charge in [-0.15, -0.1) is 0 Å². The molecule has 0 aliphatic heterocycles. The van der Waals surface area contributed by atoms with E-state index in [0.717, 1.165) is 5.56 Å². The highest BCUT2D eigenvalue weighted by Gasteiger charge is 2.20. The number of methoxy groups -OCH3 is 1. The SMILES string of the molecule is CCOC(=O)/C(C)=C/[C@@H](C[C@@H](O)[C@@H](C)OC)OCc1ccccc1. The number of aliphatic hydroxyl groups excluding tert-OH is 1. The van der Waals surface area contributed by atoms with Gasteiger partial charge in [-0.1, -0.05) is 30.3 Å². The van der Waals surface area contributed by atoms with Crippen LogP contribution in [0.4, 0.5) is 0 Å². The minimum Gasteiger partial charge on any atom is -0.463 e. The molecule has 24 heavy (non-hydrogen) atoms. The summed E-state index contributed by atoms with van der Waals surface area (Å²) in [6, 6.07) is 9.75. The van der Waals surface area contributed by atoms with Crippen molar-refractivity contribution in [1.29, 1.82) is 0 Å². The number of aliphatic hydroxyl groups is 1. The highest BCUT2D eigenvalue weighted by molar-refractivity contribution is 5.87. The number of carbonyl (C=O) groups excluding carboxylic acids is 1. The Bertz CT molecular complexity index is 512. The van der Waals surface area contributed by atoms with Gasteiger partial charge in [0.25, 0.3) is 0 Å². The molecule has 134 valence electrons. The average Bonchev–Trinajstić information content (AvgIpc) is 2.59. The molecule has 1 rings (SSSR count). The number of benzene rings is 1. The van der Waals surface area contributed by atoms with Crippen molar-refractivity contribution in [2.24, 2.45) is 0 Å². The fourth-order valence-corrected chi connectivity index (χ4v) is 2.14. The Morgan fingerprint density at radius 2 is 1.96 bits per heavy atom. The van der Waals surface area contributed by atoms with Crippen LogP contribution in [0, 0.1) is 0 Å². The van der Waals surface area contributed by atoms with E-state index in [-0.39, 0.29) is 12.1 Å². The summed E-state index contributed by atoms with van der Waals surface area (Å²) in [6.45, 7) is 5.96. The number of esters is 1. The average molecular weight is 336 g/mol. The predicted octanol–water partition coefficient (Wildman–Crippen LogP) is 2.87. The van der Waals surface area contributed by atoms with Crippen LogP contribution in [0.5, 0.6) is 0 Å². The first-order chi connectivity index (χ1) is 11.5. The number of hydrogen-bond donors (Lipinski definition) is 1. The van der Waals surface area contributed by atoms with Crippen molar-refractivity contribution < 1.29 is 24.1 Å². The maximum Gasteiger partial charge on any atom is 0.333 e. The molecule has 3 atom stereocenters. The molecule has 0 spiro atoms. The lowest BCUT2D eigenvalue weighted by Gasteiger charge is -2.22. The summed E-state index contributed by atoms with van der Waals surface area (Å²) in [5.74, 6) is -0.375. The van der Waals surface area contributed by atoms with Gasteiger partial charge in [0.05, 0.1) is 31.5 Å². The third-order valence-electron chi connectivity index (χ3n) is 3.73. The van der Waals surface area contributed by atoms with Gasteiger partial charge in [-0.2, -0.15) is 0 Å². The van der Waals surface area contributed by atoms with Crippen molar-refractivity contribution in [2.45, 2.75) is 52.1 Å². The summed E-state index contributed by atoms with van der Waals surface area (Å²) in [5, 5.41) is 10.2. The zero-order chi connectivity index (χ0) is 17.9. The normalized spacial score (nSPS) is 15.6. The van der Waals surface area contributed by atoms with E-state index in [1.54, 1.807) is 34.0 Å². The standard InChI is InChI=1S/C19H28O5/c1-5-23-19(21)14(2)11-17(12-18(20)15(3)22-4)24-13-16-9-7-6-8-10-16/h6-11,15,17-18,20H,5,12-13H2,1-4H3/b14-11+/t15-,17+,18-/m1/s1. The molecule has 1 aromatic carbocycles. The lowest BCUT2D eigenvalue weighted by Crippen LogP contribution is -2.30. The van der Waals surface area contributed by atoms with Crippen LogP contribution < -0.4 is 0 Å². The molecule has 1 N–H and O–H groups in total. The molecule has 0 fully saturated rings. The first-order valence-electron chi connectivity index (χ1n) is 8.19. The lowest BCUT2D eigenvalue weighted by atomic mass is 10.1. The van der Waals surface area contributed by atoms with E-state index >= 15 is 0 Å². The number of ether oxygens (including phenoxy) is 3. The van der Waals surface area contributed by atoms with Gasteiger partial charge in [0.2, 0.25) is 0 Å². The Morgan fingerprint density at radius 3 is 2.54 bits per heavy atom. The molecule has 1 aromatic rings. The van der Waals surface area contributed by atoms with Gasteiger partial charge >= 0.3 is 5.97 Å². The zero-order valence-corrected chi connectivity index (χ0v) is 14.9. The second-order valence-electron chi connectivity index (χ2n) is 5.65. The maximum atomic E-state index is 11.8. The Labute approximate surface area is 144 Å². The van der Waals surface area contributed by atoms with Gasteiger partial charge in [0.15, 0.2) is 0 Å². The third kappa shape index (κ3) is 7.25. The van der Waals surface area contributed by atoms with Crippen molar-refractivity contribution in [3.8, 4) is 0 Å². The van der Waals surface area contributed by atoms with Crippen LogP contribution in [0.15, 0.2) is 42.0 Å². The summed E-state index contributed by atoms with van der Waals surface area (Å²) in [7, 11) is 1.55. The third-order valence-corrected chi connectivity index (χ3v) is 3.73. The number of carbonyl (C=O) groups is 1. The topological polar surface area (TPSA) is 65.0 Å². The summed E-state index contributed by atoms with van der Waals surface area (Å²) in [6.07, 6.45) is 0.610. The van der Waals surface area contributed by atoms with E-state index in [1.807, 2.05) is 30.3 Å². The van der Waals surface area contributed by atoms with Crippen molar-refractivity contribution in [3.63, 3.8) is 0 Å². The molecule has 0 unspecified atom stereocenters. The first-order valence-corrected chi connectivity index (χ1v) is 8.19. The van der Waals surface area contributed by atoms with Crippen molar-refractivity contribution in [1.82, 2.24) is 0 Å². The van der Waals surface area contributed by atoms with Crippen LogP contribution in [0.2, 0.25) is 0 Å². The Hall–Kier alpha value is -1.69. The first kappa shape index (κ1) is 20.4. The molecule has 0 saturated heterocycles. The number of rotatable bonds is 10. The molecule has 0 saturated carbocycles. The van der Waals surface area contributed by atoms with Crippen molar-refractivity contribution in [2.75, 3.05) is 13.7 Å². The quantitative estimate of drug-likeness (QED) is 0.526. The van der Waals surface area contributed by atoms with Gasteiger partial charge in [-0.3, -0.25) is 0 Å². The molecule has 0 aromatic heterocycles. The molecule has 0 bridgehead atoms. The van der Waals surface area contributed by atoms with Crippen LogP contribution in [-0.2, 0) is 25.6 Å². The van der Waals surface area contributed by atoms with E-state index in [2.05, 4.69) is 0 Å². The highest BCUT2D eigenvalue weighted by Crippen LogP contribution is 2.15. The lowest BCUT2D eigenvalue weighted by molar-refractivity contribution is -0.138. The van der Waals surface area contributed by atoms with Crippen LogP contribution in [-0.4, -0.2) is 43.1 Å². The highest BCUT2D eigenvalue weighted by atomic mass is 16.5. The summed E-state index contributed by atoms with van der Waals surface area (Å²) in [4.78, 5) is 11.8. The van der Waals surface area contributed by atoms with Gasteiger partial charge in [0, 0.05) is 19.1 Å². The Kier molecular flexibility index (Phi) is 9.30. The minimum absolute atomic E-state index is 0.316. The van der Waals surface area contributed by atoms with Crippen LogP contribution in [0.25, 0.3) is 0 Å². The Balaban J connectivity index is 2.78. The van der Waals surface area contributed by atoms with E-state index in [9.17, 15) is 9.90 Å². The smallest absolute Gasteiger partial charge is 0.333 e. The molecule has 5 nitrogen and oxygen atoms in total. The monoisotopic (exact) mass is 336 g/mol. The van der Waals surface area contributed by atoms with Crippen LogP contribution in [0.3, 0.4) is 0 Å². The molecular weight excluding hydrogens is 308 g/mol. The maximum absolute atomic E-state index is 11.8. The predicted molar refractivity (Wildman–Crippen MR) is 92.5 cm³/mol. The largest absolute Gasteiger partial charge is 0.463 e. The zero-order valence-electron chi connectivity index (χ0n) is 14.9. The summed E-state index contributed by atoms with van der Waals surface area (Å²) < 4.78 is 16.0. The van der Waals surface area contributed by atoms with E-state index in [4.69, 9.17) is 14.2 Å². The van der Waals surface area contributed by atoms with Gasteiger partial charge in [-0.05, 0) is 32.4 Å². The van der Waals surface area contributed by atoms with Gasteiger partial charge < -0.3 is 19.3 Å². The van der Waals surface area contributed by atoms with E-state index < -0.39 is 12.2 Å². The molecule has 0 aliphatic rings. The van der Waals surface area contributed by atoms with E-state index in [0.29, 0.717) is 25.2 Å². The van der Waals surface area contributed by atoms with Crippen molar-refractivity contribution in [3.05, 3.63) is 47.5 Å². The second kappa shape index (κ2) is 11.0. The van der Waals surface area contributed by atoms with E-state index in [1.165, 1.54) is 0 Å².